The highest BCUT2D eigenvalue weighted by molar-refractivity contribution is 6.03. The Morgan fingerprint density at radius 1 is 1.57 bits per heavy atom. The van der Waals surface area contributed by atoms with Gasteiger partial charge in [0.15, 0.2) is 0 Å². The Labute approximate surface area is 80.3 Å². The van der Waals surface area contributed by atoms with Crippen molar-refractivity contribution in [1.82, 2.24) is 20.2 Å². The lowest BCUT2D eigenvalue weighted by Crippen LogP contribution is -2.31. The van der Waals surface area contributed by atoms with Gasteiger partial charge in [0, 0.05) is 25.4 Å². The van der Waals surface area contributed by atoms with Crippen LogP contribution in [-0.4, -0.2) is 39.9 Å². The number of imide groups is 1. The number of likely N-dealkylation sites (N-methyl/N-ethyl adjacent to an activating group) is 1. The van der Waals surface area contributed by atoms with E-state index < -0.39 is 6.04 Å². The van der Waals surface area contributed by atoms with Gasteiger partial charge in [0.05, 0.1) is 6.33 Å². The van der Waals surface area contributed by atoms with Gasteiger partial charge in [-0.1, -0.05) is 0 Å². The summed E-state index contributed by atoms with van der Waals surface area (Å²) in [5.41, 5.74) is 0.832. The Morgan fingerprint density at radius 2 is 2.36 bits per heavy atom. The number of nitrogens with one attached hydrogen (secondary N) is 2. The second-order valence-electron chi connectivity index (χ2n) is 3.18. The quantitative estimate of drug-likeness (QED) is 0.623. The van der Waals surface area contributed by atoms with Crippen LogP contribution in [0.3, 0.4) is 0 Å². The molecule has 6 nitrogen and oxygen atoms in total. The van der Waals surface area contributed by atoms with E-state index in [1.54, 1.807) is 12.5 Å². The van der Waals surface area contributed by atoms with Gasteiger partial charge in [0.25, 0.3) is 5.91 Å². The molecule has 2 heterocycles. The van der Waals surface area contributed by atoms with Crippen molar-refractivity contribution in [2.75, 3.05) is 7.05 Å². The molecule has 3 amide bonds. The van der Waals surface area contributed by atoms with E-state index in [2.05, 4.69) is 15.3 Å². The highest BCUT2D eigenvalue weighted by Crippen LogP contribution is 2.08. The number of hydrogen-bond acceptors (Lipinski definition) is 3. The van der Waals surface area contributed by atoms with Crippen molar-refractivity contribution in [3.63, 3.8) is 0 Å². The fraction of sp³-hybridized carbons (Fsp3) is 0.375. The number of nitrogens with zero attached hydrogens (tertiary/aromatic N) is 2. The number of aromatic nitrogens is 2. The van der Waals surface area contributed by atoms with Crippen LogP contribution >= 0.6 is 0 Å². The SMILES string of the molecule is CN1C(=O)NC(Cc2cnc[nH]2)C1=O. The van der Waals surface area contributed by atoms with E-state index in [1.165, 1.54) is 7.05 Å². The smallest absolute Gasteiger partial charge is 0.324 e. The standard InChI is InChI=1S/C8H10N4O2/c1-12-7(13)6(11-8(12)14)2-5-3-9-4-10-5/h3-4,6H,2H2,1H3,(H,9,10)(H,11,14). The highest BCUT2D eigenvalue weighted by Gasteiger charge is 2.35. The predicted octanol–water partition coefficient (Wildman–Crippen LogP) is -0.498. The lowest BCUT2D eigenvalue weighted by Gasteiger charge is -2.05. The lowest BCUT2D eigenvalue weighted by molar-refractivity contribution is -0.126. The van der Waals surface area contributed by atoms with Crippen LogP contribution in [0.25, 0.3) is 0 Å². The maximum absolute atomic E-state index is 11.5. The molecule has 1 unspecified atom stereocenters. The lowest BCUT2D eigenvalue weighted by atomic mass is 10.2. The van der Waals surface area contributed by atoms with E-state index in [9.17, 15) is 9.59 Å². The number of aromatic amines is 1. The molecule has 0 aromatic carbocycles. The number of rotatable bonds is 2. The summed E-state index contributed by atoms with van der Waals surface area (Å²) in [5, 5.41) is 2.58. The number of hydrogen-bond donors (Lipinski definition) is 2. The fourth-order valence-electron chi connectivity index (χ4n) is 1.40. The third-order valence-corrected chi connectivity index (χ3v) is 2.21. The molecule has 2 N–H and O–H groups in total. The van der Waals surface area contributed by atoms with Gasteiger partial charge in [-0.2, -0.15) is 0 Å². The van der Waals surface area contributed by atoms with Crippen LogP contribution in [0.2, 0.25) is 0 Å². The first kappa shape index (κ1) is 8.74. The third kappa shape index (κ3) is 1.34. The first-order valence-electron chi connectivity index (χ1n) is 4.24. The number of carbonyl (C=O) groups excluding carboxylic acids is 2. The molecule has 1 aromatic heterocycles. The van der Waals surface area contributed by atoms with Crippen LogP contribution in [0.4, 0.5) is 4.79 Å². The van der Waals surface area contributed by atoms with Crippen LogP contribution in [-0.2, 0) is 11.2 Å². The molecular weight excluding hydrogens is 184 g/mol. The van der Waals surface area contributed by atoms with E-state index >= 15 is 0 Å². The molecule has 1 fully saturated rings. The molecule has 0 spiro atoms. The van der Waals surface area contributed by atoms with Gasteiger partial charge in [0.1, 0.15) is 6.04 Å². The summed E-state index contributed by atoms with van der Waals surface area (Å²) in [6.07, 6.45) is 3.63. The number of urea groups is 1. The summed E-state index contributed by atoms with van der Waals surface area (Å²) >= 11 is 0. The molecule has 1 atom stereocenters. The summed E-state index contributed by atoms with van der Waals surface area (Å²) < 4.78 is 0. The van der Waals surface area contributed by atoms with Crippen LogP contribution in [0.1, 0.15) is 5.69 Å². The molecule has 1 aliphatic rings. The maximum Gasteiger partial charge on any atom is 0.324 e. The number of carbonyl (C=O) groups is 2. The summed E-state index contributed by atoms with van der Waals surface area (Å²) in [7, 11) is 1.46. The van der Waals surface area contributed by atoms with Crippen LogP contribution in [0.15, 0.2) is 12.5 Å². The Morgan fingerprint density at radius 3 is 2.86 bits per heavy atom. The van der Waals surface area contributed by atoms with Gasteiger partial charge in [-0.25, -0.2) is 9.78 Å². The van der Waals surface area contributed by atoms with Gasteiger partial charge in [-0.15, -0.1) is 0 Å². The zero-order chi connectivity index (χ0) is 10.1. The molecular formula is C8H10N4O2. The van der Waals surface area contributed by atoms with Gasteiger partial charge in [-0.3, -0.25) is 9.69 Å². The van der Waals surface area contributed by atoms with Gasteiger partial charge >= 0.3 is 6.03 Å². The van der Waals surface area contributed by atoms with Crippen molar-refractivity contribution in [1.29, 1.82) is 0 Å². The molecule has 14 heavy (non-hydrogen) atoms. The Bertz CT molecular complexity index is 359. The van der Waals surface area contributed by atoms with E-state index in [-0.39, 0.29) is 11.9 Å². The summed E-state index contributed by atoms with van der Waals surface area (Å²) in [4.78, 5) is 30.3. The van der Waals surface area contributed by atoms with Crippen LogP contribution < -0.4 is 5.32 Å². The molecule has 1 saturated heterocycles. The normalized spacial score (nSPS) is 21.5. The number of imidazole rings is 1. The number of H-pyrrole nitrogens is 1. The third-order valence-electron chi connectivity index (χ3n) is 2.21. The molecule has 0 radical (unpaired) electrons. The molecule has 1 aliphatic heterocycles. The first-order chi connectivity index (χ1) is 6.68. The zero-order valence-corrected chi connectivity index (χ0v) is 7.65. The molecule has 74 valence electrons. The van der Waals surface area contributed by atoms with Crippen molar-refractivity contribution >= 4 is 11.9 Å². The molecule has 6 heteroatoms. The molecule has 0 saturated carbocycles. The van der Waals surface area contributed by atoms with Crippen molar-refractivity contribution in [2.45, 2.75) is 12.5 Å². The second kappa shape index (κ2) is 3.13. The average Bonchev–Trinajstić information content (AvgIpc) is 2.73. The number of amides is 3. The van der Waals surface area contributed by atoms with Gasteiger partial charge in [-0.05, 0) is 0 Å². The molecule has 0 bridgehead atoms. The summed E-state index contributed by atoms with van der Waals surface area (Å²) in [5.74, 6) is -0.204. The zero-order valence-electron chi connectivity index (χ0n) is 7.65. The van der Waals surface area contributed by atoms with Crippen LogP contribution in [0.5, 0.6) is 0 Å². The predicted molar refractivity (Wildman–Crippen MR) is 47.4 cm³/mol. The minimum absolute atomic E-state index is 0.204. The van der Waals surface area contributed by atoms with E-state index in [0.29, 0.717) is 6.42 Å². The van der Waals surface area contributed by atoms with Gasteiger partial charge < -0.3 is 10.3 Å². The van der Waals surface area contributed by atoms with E-state index in [4.69, 9.17) is 0 Å². The molecule has 0 aliphatic carbocycles. The fourth-order valence-corrected chi connectivity index (χ4v) is 1.40. The summed E-state index contributed by atoms with van der Waals surface area (Å²) in [6, 6.07) is -0.813. The Balaban J connectivity index is 2.07. The Hall–Kier alpha value is -1.85. The van der Waals surface area contributed by atoms with Crippen molar-refractivity contribution in [3.05, 3.63) is 18.2 Å². The van der Waals surface area contributed by atoms with E-state index in [0.717, 1.165) is 10.6 Å². The van der Waals surface area contributed by atoms with E-state index in [1.807, 2.05) is 0 Å². The topological polar surface area (TPSA) is 78.1 Å². The minimum atomic E-state index is -0.465. The maximum atomic E-state index is 11.5. The minimum Gasteiger partial charge on any atom is -0.348 e. The van der Waals surface area contributed by atoms with Crippen molar-refractivity contribution in [3.8, 4) is 0 Å². The summed E-state index contributed by atoms with van der Waals surface area (Å²) in [6.45, 7) is 0. The monoisotopic (exact) mass is 194 g/mol. The second-order valence-corrected chi connectivity index (χ2v) is 3.18. The van der Waals surface area contributed by atoms with Crippen molar-refractivity contribution in [2.24, 2.45) is 0 Å². The van der Waals surface area contributed by atoms with Gasteiger partial charge in [0.2, 0.25) is 0 Å². The molecule has 2 rings (SSSR count). The molecule has 1 aromatic rings. The Kier molecular flexibility index (Phi) is 1.95. The largest absolute Gasteiger partial charge is 0.348 e. The highest BCUT2D eigenvalue weighted by atomic mass is 16.2. The van der Waals surface area contributed by atoms with Crippen molar-refractivity contribution < 1.29 is 9.59 Å². The van der Waals surface area contributed by atoms with Crippen LogP contribution in [0, 0.1) is 0 Å². The average molecular weight is 194 g/mol. The first-order valence-corrected chi connectivity index (χ1v) is 4.24.